The predicted molar refractivity (Wildman–Crippen MR) is 117 cm³/mol. The van der Waals surface area contributed by atoms with E-state index in [1.54, 1.807) is 42.5 Å². The minimum absolute atomic E-state index is 0.0186. The largest absolute Gasteiger partial charge is 0.497 e. The molecular formula is C20H20FN3O4S2. The Labute approximate surface area is 178 Å². The highest BCUT2D eigenvalue weighted by Gasteiger charge is 2.44. The molecule has 7 nitrogen and oxygen atoms in total. The Morgan fingerprint density at radius 1 is 1.27 bits per heavy atom. The molecule has 2 heterocycles. The molecule has 10 heteroatoms. The number of hydrogen-bond donors (Lipinski definition) is 1. The summed E-state index contributed by atoms with van der Waals surface area (Å²) >= 11 is 1.28. The molecule has 0 aliphatic carbocycles. The van der Waals surface area contributed by atoms with E-state index >= 15 is 0 Å². The van der Waals surface area contributed by atoms with Crippen LogP contribution < -0.4 is 15.0 Å². The fourth-order valence-electron chi connectivity index (χ4n) is 3.44. The molecule has 2 aliphatic heterocycles. The Hall–Kier alpha value is -2.59. The topological polar surface area (TPSA) is 88.1 Å². The summed E-state index contributed by atoms with van der Waals surface area (Å²) in [6.45, 7) is -0.170. The molecule has 2 aliphatic rings. The molecular weight excluding hydrogens is 429 g/mol. The Kier molecular flexibility index (Phi) is 5.70. The van der Waals surface area contributed by atoms with Gasteiger partial charge < -0.3 is 15.0 Å². The van der Waals surface area contributed by atoms with Gasteiger partial charge in [0.05, 0.1) is 30.3 Å². The molecule has 1 N–H and O–H groups in total. The molecule has 0 saturated carbocycles. The third kappa shape index (κ3) is 4.44. The van der Waals surface area contributed by atoms with Crippen molar-refractivity contribution in [1.29, 1.82) is 0 Å². The predicted octanol–water partition coefficient (Wildman–Crippen LogP) is 2.55. The molecule has 0 spiro atoms. The lowest BCUT2D eigenvalue weighted by Crippen LogP contribution is -2.37. The first kappa shape index (κ1) is 20.7. The van der Waals surface area contributed by atoms with Crippen LogP contribution in [-0.2, 0) is 14.6 Å². The number of halogens is 1. The van der Waals surface area contributed by atoms with Gasteiger partial charge in [0.1, 0.15) is 18.1 Å². The highest BCUT2D eigenvalue weighted by atomic mass is 32.2. The first-order valence-electron chi connectivity index (χ1n) is 9.25. The Bertz CT molecular complexity index is 1110. The molecule has 1 saturated heterocycles. The van der Waals surface area contributed by atoms with Gasteiger partial charge in [-0.3, -0.25) is 9.79 Å². The van der Waals surface area contributed by atoms with E-state index in [9.17, 15) is 17.6 Å². The van der Waals surface area contributed by atoms with Crippen LogP contribution in [0.5, 0.6) is 5.75 Å². The molecule has 2 aromatic carbocycles. The zero-order valence-corrected chi connectivity index (χ0v) is 17.7. The average molecular weight is 450 g/mol. The lowest BCUT2D eigenvalue weighted by molar-refractivity contribution is -0.114. The van der Waals surface area contributed by atoms with Gasteiger partial charge in [-0.05, 0) is 24.3 Å². The van der Waals surface area contributed by atoms with Crippen molar-refractivity contribution >= 4 is 44.0 Å². The number of ether oxygens (including phenoxy) is 1. The Morgan fingerprint density at radius 2 is 2.07 bits per heavy atom. The molecule has 0 aromatic heterocycles. The SMILES string of the molecule is COc1cccc(NC(=O)CN(C2=N[C@@H]3CS(=O)(=O)C[C@H]3S2)c2ccccc2F)c1. The Morgan fingerprint density at radius 3 is 2.80 bits per heavy atom. The molecule has 30 heavy (non-hydrogen) atoms. The first-order valence-corrected chi connectivity index (χ1v) is 12.0. The number of para-hydroxylation sites is 1. The van der Waals surface area contributed by atoms with Crippen molar-refractivity contribution in [2.45, 2.75) is 11.3 Å². The van der Waals surface area contributed by atoms with Crippen LogP contribution in [0.4, 0.5) is 15.8 Å². The number of carbonyl (C=O) groups is 1. The number of methoxy groups -OCH3 is 1. The zero-order chi connectivity index (χ0) is 21.3. The van der Waals surface area contributed by atoms with Crippen LogP contribution in [0.15, 0.2) is 53.5 Å². The van der Waals surface area contributed by atoms with Crippen LogP contribution >= 0.6 is 11.8 Å². The van der Waals surface area contributed by atoms with Gasteiger partial charge in [0.15, 0.2) is 15.0 Å². The summed E-state index contributed by atoms with van der Waals surface area (Å²) in [6, 6.07) is 12.7. The van der Waals surface area contributed by atoms with Crippen molar-refractivity contribution in [3.05, 3.63) is 54.3 Å². The molecule has 0 radical (unpaired) electrons. The number of fused-ring (bicyclic) bond motifs is 1. The van der Waals surface area contributed by atoms with Crippen molar-refractivity contribution in [1.82, 2.24) is 0 Å². The number of amidine groups is 1. The number of anilines is 2. The molecule has 158 valence electrons. The van der Waals surface area contributed by atoms with Gasteiger partial charge in [0.25, 0.3) is 0 Å². The number of benzene rings is 2. The molecule has 0 unspecified atom stereocenters. The second-order valence-electron chi connectivity index (χ2n) is 7.03. The number of carbonyl (C=O) groups excluding carboxylic acids is 1. The third-order valence-corrected chi connectivity index (χ3v) is 8.08. The summed E-state index contributed by atoms with van der Waals surface area (Å²) in [6.07, 6.45) is 0. The third-order valence-electron chi connectivity index (χ3n) is 4.83. The molecule has 2 atom stereocenters. The minimum Gasteiger partial charge on any atom is -0.497 e. The van der Waals surface area contributed by atoms with Crippen molar-refractivity contribution in [2.75, 3.05) is 35.4 Å². The number of nitrogens with one attached hydrogen (secondary N) is 1. The zero-order valence-electron chi connectivity index (χ0n) is 16.1. The minimum atomic E-state index is -3.11. The van der Waals surface area contributed by atoms with E-state index in [0.29, 0.717) is 16.6 Å². The maximum absolute atomic E-state index is 14.5. The van der Waals surface area contributed by atoms with Gasteiger partial charge in [-0.1, -0.05) is 30.0 Å². The Balaban J connectivity index is 1.57. The van der Waals surface area contributed by atoms with E-state index in [-0.39, 0.29) is 40.9 Å². The number of amides is 1. The number of rotatable bonds is 5. The second kappa shape index (κ2) is 8.27. The van der Waals surface area contributed by atoms with Crippen LogP contribution in [0.2, 0.25) is 0 Å². The number of aliphatic imine (C=N–C) groups is 1. The lowest BCUT2D eigenvalue weighted by Gasteiger charge is -2.24. The summed E-state index contributed by atoms with van der Waals surface area (Å²) in [4.78, 5) is 18.7. The van der Waals surface area contributed by atoms with Crippen molar-refractivity contribution in [3.63, 3.8) is 0 Å². The summed E-state index contributed by atoms with van der Waals surface area (Å²) < 4.78 is 43.4. The van der Waals surface area contributed by atoms with E-state index in [4.69, 9.17) is 4.74 Å². The van der Waals surface area contributed by atoms with E-state index in [2.05, 4.69) is 10.3 Å². The van der Waals surface area contributed by atoms with Gasteiger partial charge in [-0.2, -0.15) is 0 Å². The number of thioether (sulfide) groups is 1. The van der Waals surface area contributed by atoms with Gasteiger partial charge >= 0.3 is 0 Å². The smallest absolute Gasteiger partial charge is 0.244 e. The van der Waals surface area contributed by atoms with Crippen LogP contribution in [0, 0.1) is 5.82 Å². The average Bonchev–Trinajstić information content (AvgIpc) is 3.20. The summed E-state index contributed by atoms with van der Waals surface area (Å²) in [5, 5.41) is 3.02. The number of hydrogen-bond acceptors (Lipinski definition) is 7. The van der Waals surface area contributed by atoms with Gasteiger partial charge in [-0.25, -0.2) is 12.8 Å². The standard InChI is InChI=1S/C20H20FN3O4S2/c1-28-14-6-4-5-13(9-14)22-19(25)10-24(17-8-3-2-7-15(17)21)20-23-16-11-30(26,27)12-18(16)29-20/h2-9,16,18H,10-12H2,1H3,(H,22,25)/t16-,18-/m1/s1. The van der Waals surface area contributed by atoms with E-state index in [0.717, 1.165) is 0 Å². The summed E-state index contributed by atoms with van der Waals surface area (Å²) in [7, 11) is -1.57. The van der Waals surface area contributed by atoms with Gasteiger partial charge in [-0.15, -0.1) is 0 Å². The fraction of sp³-hybridized carbons (Fsp3) is 0.300. The number of sulfone groups is 1. The molecule has 4 rings (SSSR count). The fourth-order valence-corrected chi connectivity index (χ4v) is 7.22. The maximum atomic E-state index is 14.5. The van der Waals surface area contributed by atoms with Crippen LogP contribution in [-0.4, -0.2) is 55.9 Å². The maximum Gasteiger partial charge on any atom is 0.244 e. The van der Waals surface area contributed by atoms with Crippen LogP contribution in [0.1, 0.15) is 0 Å². The van der Waals surface area contributed by atoms with Crippen molar-refractivity contribution in [3.8, 4) is 5.75 Å². The quantitative estimate of drug-likeness (QED) is 0.755. The summed E-state index contributed by atoms with van der Waals surface area (Å²) in [5.41, 5.74) is 0.768. The highest BCUT2D eigenvalue weighted by molar-refractivity contribution is 8.15. The molecule has 1 fully saturated rings. The van der Waals surface area contributed by atoms with Crippen molar-refractivity contribution in [2.24, 2.45) is 4.99 Å². The van der Waals surface area contributed by atoms with Crippen molar-refractivity contribution < 1.29 is 22.3 Å². The van der Waals surface area contributed by atoms with E-state index < -0.39 is 15.7 Å². The van der Waals surface area contributed by atoms with Gasteiger partial charge in [0, 0.05) is 17.0 Å². The lowest BCUT2D eigenvalue weighted by atomic mass is 10.2. The van der Waals surface area contributed by atoms with Crippen LogP contribution in [0.3, 0.4) is 0 Å². The van der Waals surface area contributed by atoms with E-state index in [1.165, 1.54) is 29.8 Å². The first-order chi connectivity index (χ1) is 14.3. The molecule has 0 bridgehead atoms. The molecule has 1 amide bonds. The summed E-state index contributed by atoms with van der Waals surface area (Å²) in [5.74, 6) is -0.228. The monoisotopic (exact) mass is 449 g/mol. The van der Waals surface area contributed by atoms with Gasteiger partial charge in [0.2, 0.25) is 5.91 Å². The second-order valence-corrected chi connectivity index (χ2v) is 10.4. The van der Waals surface area contributed by atoms with Crippen LogP contribution in [0.25, 0.3) is 0 Å². The normalized spacial score (nSPS) is 21.6. The number of nitrogens with zero attached hydrogens (tertiary/aromatic N) is 2. The molecule has 2 aromatic rings. The van der Waals surface area contributed by atoms with E-state index in [1.807, 2.05) is 0 Å². The highest BCUT2D eigenvalue weighted by Crippen LogP contribution is 2.37.